The number of amides is 1. The monoisotopic (exact) mass is 313 g/mol. The summed E-state index contributed by atoms with van der Waals surface area (Å²) in [6.07, 6.45) is 0.148. The van der Waals surface area contributed by atoms with Crippen LogP contribution in [0, 0.1) is 0 Å². The first kappa shape index (κ1) is 17.0. The number of benzene rings is 2. The maximum atomic E-state index is 12.2. The fourth-order valence-electron chi connectivity index (χ4n) is 2.55. The van der Waals surface area contributed by atoms with E-state index in [2.05, 4.69) is 5.32 Å². The van der Waals surface area contributed by atoms with Crippen molar-refractivity contribution >= 4 is 5.91 Å². The Hall–Kier alpha value is -2.33. The van der Waals surface area contributed by atoms with Crippen LogP contribution in [-0.2, 0) is 11.2 Å². The van der Waals surface area contributed by atoms with E-state index in [1.807, 2.05) is 61.5 Å². The molecule has 2 aromatic rings. The van der Waals surface area contributed by atoms with E-state index in [9.17, 15) is 9.90 Å². The molecule has 2 aromatic carbocycles. The molecule has 0 spiro atoms. The second-order valence-electron chi connectivity index (χ2n) is 5.62. The highest BCUT2D eigenvalue weighted by molar-refractivity contribution is 5.79. The first-order valence-electron chi connectivity index (χ1n) is 7.74. The third kappa shape index (κ3) is 5.11. The summed E-state index contributed by atoms with van der Waals surface area (Å²) in [4.78, 5) is 12.2. The van der Waals surface area contributed by atoms with Crippen molar-refractivity contribution in [2.75, 3.05) is 7.11 Å². The van der Waals surface area contributed by atoms with Crippen LogP contribution in [0.3, 0.4) is 0 Å². The van der Waals surface area contributed by atoms with Gasteiger partial charge in [0.05, 0.1) is 19.6 Å². The van der Waals surface area contributed by atoms with Gasteiger partial charge in [-0.05, 0) is 25.0 Å². The summed E-state index contributed by atoms with van der Waals surface area (Å²) in [5.74, 6) is 0.627. The van der Waals surface area contributed by atoms with Crippen molar-refractivity contribution in [1.82, 2.24) is 5.32 Å². The van der Waals surface area contributed by atoms with Crippen LogP contribution in [0.25, 0.3) is 0 Å². The topological polar surface area (TPSA) is 58.6 Å². The summed E-state index contributed by atoms with van der Waals surface area (Å²) in [6.45, 7) is 1.90. The first-order valence-corrected chi connectivity index (χ1v) is 7.74. The molecule has 0 radical (unpaired) electrons. The lowest BCUT2D eigenvalue weighted by Gasteiger charge is -2.18. The molecule has 0 heterocycles. The van der Waals surface area contributed by atoms with Crippen LogP contribution in [0.2, 0.25) is 0 Å². The fourth-order valence-corrected chi connectivity index (χ4v) is 2.55. The van der Waals surface area contributed by atoms with Gasteiger partial charge in [0.1, 0.15) is 5.75 Å². The molecule has 2 atom stereocenters. The number of methoxy groups -OCH3 is 1. The molecule has 0 aliphatic carbocycles. The van der Waals surface area contributed by atoms with Crippen LogP contribution in [-0.4, -0.2) is 24.2 Å². The number of nitrogens with one attached hydrogen (secondary N) is 1. The highest BCUT2D eigenvalue weighted by atomic mass is 16.5. The zero-order chi connectivity index (χ0) is 16.7. The normalized spacial score (nSPS) is 13.2. The molecule has 0 aliphatic heterocycles. The molecule has 0 fully saturated rings. The highest BCUT2D eigenvalue weighted by Gasteiger charge is 2.15. The molecule has 122 valence electrons. The van der Waals surface area contributed by atoms with Gasteiger partial charge in [0.25, 0.3) is 0 Å². The lowest BCUT2D eigenvalue weighted by molar-refractivity contribution is -0.121. The molecule has 0 saturated heterocycles. The van der Waals surface area contributed by atoms with E-state index in [-0.39, 0.29) is 18.4 Å². The summed E-state index contributed by atoms with van der Waals surface area (Å²) >= 11 is 0. The Balaban J connectivity index is 1.87. The second-order valence-corrected chi connectivity index (χ2v) is 5.62. The molecule has 1 amide bonds. The van der Waals surface area contributed by atoms with E-state index in [0.717, 1.165) is 11.1 Å². The van der Waals surface area contributed by atoms with Gasteiger partial charge in [0, 0.05) is 11.6 Å². The van der Waals surface area contributed by atoms with Crippen molar-refractivity contribution in [3.63, 3.8) is 0 Å². The van der Waals surface area contributed by atoms with Crippen LogP contribution in [0.15, 0.2) is 54.6 Å². The number of ether oxygens (including phenoxy) is 1. The van der Waals surface area contributed by atoms with Crippen molar-refractivity contribution in [3.05, 3.63) is 65.7 Å². The summed E-state index contributed by atoms with van der Waals surface area (Å²) in [6, 6.07) is 16.8. The van der Waals surface area contributed by atoms with Gasteiger partial charge < -0.3 is 15.2 Å². The van der Waals surface area contributed by atoms with Gasteiger partial charge in [-0.3, -0.25) is 4.79 Å². The highest BCUT2D eigenvalue weighted by Crippen LogP contribution is 2.19. The quantitative estimate of drug-likeness (QED) is 0.826. The second kappa shape index (κ2) is 8.34. The largest absolute Gasteiger partial charge is 0.496 e. The van der Waals surface area contributed by atoms with E-state index in [1.165, 1.54) is 0 Å². The van der Waals surface area contributed by atoms with Crippen molar-refractivity contribution in [2.45, 2.75) is 31.9 Å². The summed E-state index contributed by atoms with van der Waals surface area (Å²) < 4.78 is 5.25. The number of hydrogen-bond donors (Lipinski definition) is 2. The predicted molar refractivity (Wildman–Crippen MR) is 90.3 cm³/mol. The average Bonchev–Trinajstić information content (AvgIpc) is 2.55. The Kier molecular flexibility index (Phi) is 6.18. The maximum absolute atomic E-state index is 12.2. The van der Waals surface area contributed by atoms with Gasteiger partial charge in [-0.15, -0.1) is 0 Å². The van der Waals surface area contributed by atoms with E-state index in [1.54, 1.807) is 7.11 Å². The molecule has 0 unspecified atom stereocenters. The Labute approximate surface area is 137 Å². The van der Waals surface area contributed by atoms with Gasteiger partial charge in [0.15, 0.2) is 0 Å². The number of aliphatic hydroxyl groups is 1. The van der Waals surface area contributed by atoms with Crippen molar-refractivity contribution in [2.24, 2.45) is 0 Å². The number of hydrogen-bond acceptors (Lipinski definition) is 3. The standard InChI is InChI=1S/C19H23NO3/c1-14(12-17(21)15-8-4-3-5-9-15)20-19(22)13-16-10-6-7-11-18(16)23-2/h3-11,14,17,21H,12-13H2,1-2H3,(H,20,22)/t14-,17+/m0/s1. The zero-order valence-corrected chi connectivity index (χ0v) is 13.5. The smallest absolute Gasteiger partial charge is 0.224 e. The SMILES string of the molecule is COc1ccccc1CC(=O)N[C@@H](C)C[C@@H](O)c1ccccc1. The molecule has 0 bridgehead atoms. The van der Waals surface area contributed by atoms with E-state index >= 15 is 0 Å². The Morgan fingerprint density at radius 1 is 1.13 bits per heavy atom. The molecular formula is C19H23NO3. The minimum Gasteiger partial charge on any atom is -0.496 e. The van der Waals surface area contributed by atoms with E-state index in [4.69, 9.17) is 4.74 Å². The zero-order valence-electron chi connectivity index (χ0n) is 13.5. The van der Waals surface area contributed by atoms with Crippen molar-refractivity contribution in [3.8, 4) is 5.75 Å². The van der Waals surface area contributed by atoms with E-state index < -0.39 is 6.10 Å². The lowest BCUT2D eigenvalue weighted by atomic mass is 10.0. The Morgan fingerprint density at radius 3 is 2.48 bits per heavy atom. The van der Waals surface area contributed by atoms with Gasteiger partial charge in [-0.25, -0.2) is 0 Å². The number of carbonyl (C=O) groups excluding carboxylic acids is 1. The van der Waals surface area contributed by atoms with Crippen molar-refractivity contribution < 1.29 is 14.6 Å². The minimum absolute atomic E-state index is 0.0812. The Morgan fingerprint density at radius 2 is 1.78 bits per heavy atom. The molecule has 2 N–H and O–H groups in total. The molecule has 0 aromatic heterocycles. The van der Waals surface area contributed by atoms with Crippen molar-refractivity contribution in [1.29, 1.82) is 0 Å². The van der Waals surface area contributed by atoms with Crippen LogP contribution < -0.4 is 10.1 Å². The number of rotatable bonds is 7. The van der Waals surface area contributed by atoms with Gasteiger partial charge in [-0.2, -0.15) is 0 Å². The molecule has 0 aliphatic rings. The number of para-hydroxylation sites is 1. The average molecular weight is 313 g/mol. The molecule has 4 heteroatoms. The van der Waals surface area contributed by atoms with Crippen LogP contribution in [0.4, 0.5) is 0 Å². The fraction of sp³-hybridized carbons (Fsp3) is 0.316. The first-order chi connectivity index (χ1) is 11.1. The maximum Gasteiger partial charge on any atom is 0.224 e. The third-order valence-electron chi connectivity index (χ3n) is 3.71. The van der Waals surface area contributed by atoms with Gasteiger partial charge in [-0.1, -0.05) is 48.5 Å². The van der Waals surface area contributed by atoms with E-state index in [0.29, 0.717) is 12.2 Å². The van der Waals surface area contributed by atoms with Crippen LogP contribution >= 0.6 is 0 Å². The lowest BCUT2D eigenvalue weighted by Crippen LogP contribution is -2.34. The summed E-state index contributed by atoms with van der Waals surface area (Å²) in [5, 5.41) is 13.1. The van der Waals surface area contributed by atoms with Gasteiger partial charge in [0.2, 0.25) is 5.91 Å². The molecular weight excluding hydrogens is 290 g/mol. The van der Waals surface area contributed by atoms with Gasteiger partial charge >= 0.3 is 0 Å². The minimum atomic E-state index is -0.585. The van der Waals surface area contributed by atoms with Crippen LogP contribution in [0.5, 0.6) is 5.75 Å². The molecule has 23 heavy (non-hydrogen) atoms. The number of aliphatic hydroxyl groups excluding tert-OH is 1. The van der Waals surface area contributed by atoms with Crippen LogP contribution in [0.1, 0.15) is 30.6 Å². The molecule has 4 nitrogen and oxygen atoms in total. The summed E-state index contributed by atoms with van der Waals surface area (Å²) in [7, 11) is 1.59. The molecule has 0 saturated carbocycles. The molecule has 2 rings (SSSR count). The predicted octanol–water partition coefficient (Wildman–Crippen LogP) is 2.87. The Bertz CT molecular complexity index is 628. The summed E-state index contributed by atoms with van der Waals surface area (Å²) in [5.41, 5.74) is 1.71. The number of carbonyl (C=O) groups is 1. The third-order valence-corrected chi connectivity index (χ3v) is 3.71.